The van der Waals surface area contributed by atoms with Gasteiger partial charge >= 0.3 is 6.18 Å². The first kappa shape index (κ1) is 17.6. The summed E-state index contributed by atoms with van der Waals surface area (Å²) in [5.41, 5.74) is -0.969. The molecule has 1 aliphatic rings. The van der Waals surface area contributed by atoms with E-state index in [0.29, 0.717) is 26.3 Å². The lowest BCUT2D eigenvalue weighted by molar-refractivity contribution is -0.137. The van der Waals surface area contributed by atoms with Crippen LogP contribution >= 0.6 is 0 Å². The Kier molecular flexibility index (Phi) is 4.91. The molecule has 0 radical (unpaired) electrons. The molecule has 2 heterocycles. The van der Waals surface area contributed by atoms with Crippen molar-refractivity contribution in [3.05, 3.63) is 59.2 Å². The number of hydrogen-bond donors (Lipinski definition) is 1. The van der Waals surface area contributed by atoms with E-state index in [1.54, 1.807) is 4.90 Å². The SMILES string of the molecule is Oc1ccc(C(F)(F)F)cc1C(c1ncccc1F)N1CCOCC1. The number of aromatic hydroxyl groups is 1. The highest BCUT2D eigenvalue weighted by Crippen LogP contribution is 2.39. The molecule has 1 N–H and O–H groups in total. The van der Waals surface area contributed by atoms with Gasteiger partial charge in [-0.05, 0) is 30.3 Å². The van der Waals surface area contributed by atoms with Gasteiger partial charge < -0.3 is 9.84 Å². The fraction of sp³-hybridized carbons (Fsp3) is 0.353. The maximum Gasteiger partial charge on any atom is 0.416 e. The van der Waals surface area contributed by atoms with E-state index in [2.05, 4.69) is 4.98 Å². The number of halogens is 4. The number of phenolic OH excluding ortho intramolecular Hbond substituents is 1. The Bertz CT molecular complexity index is 746. The van der Waals surface area contributed by atoms with Gasteiger partial charge in [0.05, 0.1) is 30.5 Å². The van der Waals surface area contributed by atoms with Gasteiger partial charge in [0.25, 0.3) is 0 Å². The van der Waals surface area contributed by atoms with Crippen LogP contribution in [0.25, 0.3) is 0 Å². The van der Waals surface area contributed by atoms with Crippen molar-refractivity contribution in [2.24, 2.45) is 0 Å². The maximum atomic E-state index is 14.3. The fourth-order valence-electron chi connectivity index (χ4n) is 2.90. The Labute approximate surface area is 141 Å². The summed E-state index contributed by atoms with van der Waals surface area (Å²) in [5, 5.41) is 10.2. The maximum absolute atomic E-state index is 14.3. The zero-order valence-electron chi connectivity index (χ0n) is 13.1. The van der Waals surface area contributed by atoms with Gasteiger partial charge in [-0.1, -0.05) is 0 Å². The van der Waals surface area contributed by atoms with E-state index >= 15 is 0 Å². The Balaban J connectivity index is 2.13. The lowest BCUT2D eigenvalue weighted by Gasteiger charge is -2.35. The minimum absolute atomic E-state index is 0.0287. The summed E-state index contributed by atoms with van der Waals surface area (Å²) in [4.78, 5) is 5.77. The van der Waals surface area contributed by atoms with E-state index < -0.39 is 23.6 Å². The molecule has 1 saturated heterocycles. The van der Waals surface area contributed by atoms with E-state index in [-0.39, 0.29) is 17.0 Å². The van der Waals surface area contributed by atoms with E-state index in [9.17, 15) is 22.7 Å². The smallest absolute Gasteiger partial charge is 0.416 e. The van der Waals surface area contributed by atoms with Crippen molar-refractivity contribution in [3.63, 3.8) is 0 Å². The van der Waals surface area contributed by atoms with Gasteiger partial charge in [-0.2, -0.15) is 13.2 Å². The Hall–Kier alpha value is -2.19. The Morgan fingerprint density at radius 2 is 1.88 bits per heavy atom. The second-order valence-electron chi connectivity index (χ2n) is 5.69. The van der Waals surface area contributed by atoms with Crippen molar-refractivity contribution in [2.75, 3.05) is 26.3 Å². The van der Waals surface area contributed by atoms with E-state index in [1.165, 1.54) is 18.3 Å². The van der Waals surface area contributed by atoms with Crippen LogP contribution in [0.5, 0.6) is 5.75 Å². The van der Waals surface area contributed by atoms with Crippen LogP contribution in [0.1, 0.15) is 22.9 Å². The second kappa shape index (κ2) is 6.97. The van der Waals surface area contributed by atoms with Gasteiger partial charge in [0.15, 0.2) is 0 Å². The molecule has 1 aromatic heterocycles. The number of ether oxygens (including phenoxy) is 1. The number of nitrogens with zero attached hydrogens (tertiary/aromatic N) is 2. The van der Waals surface area contributed by atoms with Crippen molar-refractivity contribution in [1.82, 2.24) is 9.88 Å². The molecule has 0 saturated carbocycles. The summed E-state index contributed by atoms with van der Waals surface area (Å²) in [5.74, 6) is -0.981. The quantitative estimate of drug-likeness (QED) is 0.857. The van der Waals surface area contributed by atoms with Crippen molar-refractivity contribution in [3.8, 4) is 5.75 Å². The average Bonchev–Trinajstić information content (AvgIpc) is 2.58. The van der Waals surface area contributed by atoms with Crippen molar-refractivity contribution in [2.45, 2.75) is 12.2 Å². The summed E-state index contributed by atoms with van der Waals surface area (Å²) in [6, 6.07) is 4.29. The van der Waals surface area contributed by atoms with E-state index in [0.717, 1.165) is 18.2 Å². The summed E-state index contributed by atoms with van der Waals surface area (Å²) >= 11 is 0. The standard InChI is InChI=1S/C17H16F4N2O2/c18-13-2-1-5-22-15(13)16(23-6-8-25-9-7-23)12-10-11(17(19,20)21)3-4-14(12)24/h1-5,10,16,24H,6-9H2. The average molecular weight is 356 g/mol. The van der Waals surface area contributed by atoms with Gasteiger partial charge in [0.1, 0.15) is 11.6 Å². The van der Waals surface area contributed by atoms with Gasteiger partial charge in [-0.3, -0.25) is 9.88 Å². The van der Waals surface area contributed by atoms with E-state index in [1.807, 2.05) is 0 Å². The van der Waals surface area contributed by atoms with Crippen LogP contribution in [0.3, 0.4) is 0 Å². The van der Waals surface area contributed by atoms with Crippen LogP contribution in [0.15, 0.2) is 36.5 Å². The molecule has 0 aliphatic carbocycles. The predicted molar refractivity (Wildman–Crippen MR) is 81.5 cm³/mol. The highest BCUT2D eigenvalue weighted by molar-refractivity contribution is 5.43. The van der Waals surface area contributed by atoms with Gasteiger partial charge in [-0.15, -0.1) is 0 Å². The van der Waals surface area contributed by atoms with Crippen molar-refractivity contribution < 1.29 is 27.4 Å². The first-order valence-corrected chi connectivity index (χ1v) is 7.70. The topological polar surface area (TPSA) is 45.6 Å². The minimum Gasteiger partial charge on any atom is -0.508 e. The number of hydrogen-bond acceptors (Lipinski definition) is 4. The molecule has 0 spiro atoms. The zero-order valence-corrected chi connectivity index (χ0v) is 13.1. The molecule has 1 aromatic carbocycles. The summed E-state index contributed by atoms with van der Waals surface area (Å²) in [6.45, 7) is 1.50. The first-order chi connectivity index (χ1) is 11.9. The van der Waals surface area contributed by atoms with Crippen LogP contribution in [0.2, 0.25) is 0 Å². The molecule has 1 aliphatic heterocycles. The van der Waals surface area contributed by atoms with Gasteiger partial charge in [0.2, 0.25) is 0 Å². The normalized spacial score (nSPS) is 17.4. The van der Waals surface area contributed by atoms with Crippen LogP contribution in [-0.4, -0.2) is 41.3 Å². The molecular formula is C17H16F4N2O2. The van der Waals surface area contributed by atoms with Crippen LogP contribution in [0.4, 0.5) is 17.6 Å². The molecule has 25 heavy (non-hydrogen) atoms. The largest absolute Gasteiger partial charge is 0.508 e. The molecule has 0 bridgehead atoms. The molecule has 1 unspecified atom stereocenters. The third-order valence-electron chi connectivity index (χ3n) is 4.11. The number of rotatable bonds is 3. The molecule has 2 aromatic rings. The van der Waals surface area contributed by atoms with Crippen molar-refractivity contribution in [1.29, 1.82) is 0 Å². The van der Waals surface area contributed by atoms with Gasteiger partial charge in [-0.25, -0.2) is 4.39 Å². The summed E-state index contributed by atoms with van der Waals surface area (Å²) in [6.07, 6.45) is -3.20. The highest BCUT2D eigenvalue weighted by Gasteiger charge is 2.35. The molecule has 3 rings (SSSR count). The Morgan fingerprint density at radius 3 is 2.52 bits per heavy atom. The van der Waals surface area contributed by atoms with Crippen LogP contribution in [0, 0.1) is 5.82 Å². The summed E-state index contributed by atoms with van der Waals surface area (Å²) < 4.78 is 58.8. The molecule has 134 valence electrons. The molecule has 4 nitrogen and oxygen atoms in total. The number of pyridine rings is 1. The number of phenols is 1. The predicted octanol–water partition coefficient (Wildman–Crippen LogP) is 3.37. The molecule has 1 atom stereocenters. The fourth-order valence-corrected chi connectivity index (χ4v) is 2.90. The molecule has 1 fully saturated rings. The monoisotopic (exact) mass is 356 g/mol. The third-order valence-corrected chi connectivity index (χ3v) is 4.11. The van der Waals surface area contributed by atoms with Crippen LogP contribution < -0.4 is 0 Å². The lowest BCUT2D eigenvalue weighted by atomic mass is 9.97. The molecule has 8 heteroatoms. The Morgan fingerprint density at radius 1 is 1.16 bits per heavy atom. The number of benzene rings is 1. The van der Waals surface area contributed by atoms with E-state index in [4.69, 9.17) is 4.74 Å². The first-order valence-electron chi connectivity index (χ1n) is 7.70. The molecule has 0 amide bonds. The number of alkyl halides is 3. The zero-order chi connectivity index (χ0) is 18.0. The second-order valence-corrected chi connectivity index (χ2v) is 5.69. The highest BCUT2D eigenvalue weighted by atomic mass is 19.4. The number of morpholine rings is 1. The van der Waals surface area contributed by atoms with Crippen LogP contribution in [-0.2, 0) is 10.9 Å². The third kappa shape index (κ3) is 3.74. The molecular weight excluding hydrogens is 340 g/mol. The minimum atomic E-state index is -4.57. The van der Waals surface area contributed by atoms with Crippen molar-refractivity contribution >= 4 is 0 Å². The number of aromatic nitrogens is 1. The lowest BCUT2D eigenvalue weighted by Crippen LogP contribution is -2.40. The summed E-state index contributed by atoms with van der Waals surface area (Å²) in [7, 11) is 0. The van der Waals surface area contributed by atoms with Gasteiger partial charge in [0, 0.05) is 24.8 Å².